The van der Waals surface area contributed by atoms with Crippen molar-refractivity contribution in [1.29, 1.82) is 0 Å². The van der Waals surface area contributed by atoms with E-state index in [1.807, 2.05) is 0 Å². The molecule has 2 saturated heterocycles. The van der Waals surface area contributed by atoms with Crippen LogP contribution in [0.4, 0.5) is 5.69 Å². The van der Waals surface area contributed by atoms with E-state index in [1.165, 1.54) is 12.8 Å². The van der Waals surface area contributed by atoms with Crippen LogP contribution in [0, 0.1) is 23.0 Å². The van der Waals surface area contributed by atoms with E-state index in [1.54, 1.807) is 30.0 Å². The molecule has 3 rings (SSSR count). The zero-order chi connectivity index (χ0) is 16.4. The van der Waals surface area contributed by atoms with Crippen molar-refractivity contribution in [3.8, 4) is 0 Å². The van der Waals surface area contributed by atoms with Gasteiger partial charge in [-0.2, -0.15) is 0 Å². The van der Waals surface area contributed by atoms with Crippen LogP contribution in [0.5, 0.6) is 0 Å². The summed E-state index contributed by atoms with van der Waals surface area (Å²) < 4.78 is 0. The first kappa shape index (κ1) is 15.9. The summed E-state index contributed by atoms with van der Waals surface area (Å²) in [6.45, 7) is 4.14. The van der Waals surface area contributed by atoms with Crippen LogP contribution in [0.3, 0.4) is 0 Å². The second kappa shape index (κ2) is 6.66. The second-order valence-electron chi connectivity index (χ2n) is 6.56. The number of amides is 1. The first-order chi connectivity index (χ1) is 11.1. The maximum atomic E-state index is 12.7. The van der Waals surface area contributed by atoms with Gasteiger partial charge < -0.3 is 10.2 Å². The number of nitrogens with zero attached hydrogens (tertiary/aromatic N) is 2. The molecule has 0 aromatic heterocycles. The first-order valence-corrected chi connectivity index (χ1v) is 8.34. The molecule has 2 heterocycles. The van der Waals surface area contributed by atoms with Gasteiger partial charge in [-0.1, -0.05) is 12.1 Å². The van der Waals surface area contributed by atoms with Gasteiger partial charge in [0.15, 0.2) is 0 Å². The number of likely N-dealkylation sites (tertiary alicyclic amines) is 1. The number of hydrogen-bond acceptors (Lipinski definition) is 4. The maximum Gasteiger partial charge on any atom is 0.285 e. The van der Waals surface area contributed by atoms with Crippen molar-refractivity contribution in [2.75, 3.05) is 19.6 Å². The zero-order valence-corrected chi connectivity index (χ0v) is 13.5. The Morgan fingerprint density at radius 3 is 2.65 bits per heavy atom. The Balaban J connectivity index is 1.70. The van der Waals surface area contributed by atoms with E-state index in [0.717, 1.165) is 19.4 Å². The highest BCUT2D eigenvalue weighted by Crippen LogP contribution is 2.29. The number of rotatable bonds is 3. The summed E-state index contributed by atoms with van der Waals surface area (Å²) in [7, 11) is 0. The minimum absolute atomic E-state index is 0.0583. The molecule has 0 bridgehead atoms. The molecule has 2 aliphatic rings. The number of piperidine rings is 1. The Labute approximate surface area is 136 Å². The molecule has 1 aromatic rings. The molecule has 1 unspecified atom stereocenters. The SMILES string of the molecule is Cc1cccc(C(=O)N2CCC(C3CCCN3)CC2)c1[N+](=O)[O-]. The summed E-state index contributed by atoms with van der Waals surface area (Å²) in [6, 6.07) is 5.54. The molecule has 2 fully saturated rings. The lowest BCUT2D eigenvalue weighted by Gasteiger charge is -2.34. The third-order valence-corrected chi connectivity index (χ3v) is 5.15. The number of nitro benzene ring substituents is 1. The fourth-order valence-corrected chi connectivity index (χ4v) is 3.86. The summed E-state index contributed by atoms with van der Waals surface area (Å²) in [4.78, 5) is 25.3. The van der Waals surface area contributed by atoms with Crippen LogP contribution in [-0.4, -0.2) is 41.4 Å². The summed E-state index contributed by atoms with van der Waals surface area (Å²) in [6.07, 6.45) is 4.41. The lowest BCUT2D eigenvalue weighted by Crippen LogP contribution is -2.43. The molecule has 6 heteroatoms. The molecule has 23 heavy (non-hydrogen) atoms. The van der Waals surface area contributed by atoms with E-state index in [-0.39, 0.29) is 17.2 Å². The standard InChI is InChI=1S/C17H23N3O3/c1-12-4-2-5-14(16(12)20(22)23)17(21)19-10-7-13(8-11-19)15-6-3-9-18-15/h2,4-5,13,15,18H,3,6-11H2,1H3. The fourth-order valence-electron chi connectivity index (χ4n) is 3.86. The number of carbonyl (C=O) groups is 1. The zero-order valence-electron chi connectivity index (χ0n) is 13.5. The average molecular weight is 317 g/mol. The highest BCUT2D eigenvalue weighted by molar-refractivity contribution is 5.98. The van der Waals surface area contributed by atoms with Crippen LogP contribution in [-0.2, 0) is 0 Å². The average Bonchev–Trinajstić information content (AvgIpc) is 3.08. The van der Waals surface area contributed by atoms with Crippen molar-refractivity contribution in [2.45, 2.75) is 38.6 Å². The van der Waals surface area contributed by atoms with Crippen LogP contribution < -0.4 is 5.32 Å². The molecule has 0 radical (unpaired) electrons. The van der Waals surface area contributed by atoms with Gasteiger partial charge in [-0.3, -0.25) is 14.9 Å². The molecule has 1 N–H and O–H groups in total. The number of carbonyl (C=O) groups excluding carboxylic acids is 1. The number of nitrogens with one attached hydrogen (secondary N) is 1. The van der Waals surface area contributed by atoms with E-state index in [9.17, 15) is 14.9 Å². The largest absolute Gasteiger partial charge is 0.338 e. The molecule has 1 aromatic carbocycles. The molecule has 0 spiro atoms. The number of para-hydroxylation sites is 1. The molecular formula is C17H23N3O3. The van der Waals surface area contributed by atoms with E-state index >= 15 is 0 Å². The number of aryl methyl sites for hydroxylation is 1. The Hall–Kier alpha value is -1.95. The lowest BCUT2D eigenvalue weighted by molar-refractivity contribution is -0.385. The highest BCUT2D eigenvalue weighted by Gasteiger charge is 2.32. The van der Waals surface area contributed by atoms with Gasteiger partial charge in [0.1, 0.15) is 5.56 Å². The van der Waals surface area contributed by atoms with E-state index in [4.69, 9.17) is 0 Å². The minimum Gasteiger partial charge on any atom is -0.338 e. The smallest absolute Gasteiger partial charge is 0.285 e. The summed E-state index contributed by atoms with van der Waals surface area (Å²) in [5, 5.41) is 14.8. The third kappa shape index (κ3) is 3.22. The molecule has 124 valence electrons. The van der Waals surface area contributed by atoms with Gasteiger partial charge >= 0.3 is 0 Å². The van der Waals surface area contributed by atoms with Crippen molar-refractivity contribution >= 4 is 11.6 Å². The van der Waals surface area contributed by atoms with E-state index in [2.05, 4.69) is 5.32 Å². The Kier molecular flexibility index (Phi) is 4.61. The Morgan fingerprint density at radius 2 is 2.04 bits per heavy atom. The van der Waals surface area contributed by atoms with Crippen LogP contribution in [0.2, 0.25) is 0 Å². The van der Waals surface area contributed by atoms with Crippen LogP contribution in [0.25, 0.3) is 0 Å². The minimum atomic E-state index is -0.447. The van der Waals surface area contributed by atoms with Crippen molar-refractivity contribution in [3.63, 3.8) is 0 Å². The van der Waals surface area contributed by atoms with Crippen LogP contribution in [0.15, 0.2) is 18.2 Å². The van der Waals surface area contributed by atoms with Gasteiger partial charge in [-0.05, 0) is 51.1 Å². The molecular weight excluding hydrogens is 294 g/mol. The van der Waals surface area contributed by atoms with Gasteiger partial charge in [-0.25, -0.2) is 0 Å². The quantitative estimate of drug-likeness (QED) is 0.686. The molecule has 0 aliphatic carbocycles. The fraction of sp³-hybridized carbons (Fsp3) is 0.588. The van der Waals surface area contributed by atoms with Crippen LogP contribution in [0.1, 0.15) is 41.6 Å². The molecule has 0 saturated carbocycles. The Morgan fingerprint density at radius 1 is 1.30 bits per heavy atom. The topological polar surface area (TPSA) is 75.5 Å². The maximum absolute atomic E-state index is 12.7. The predicted molar refractivity (Wildman–Crippen MR) is 87.5 cm³/mol. The Bertz CT molecular complexity index is 603. The summed E-state index contributed by atoms with van der Waals surface area (Å²) in [5.41, 5.74) is 0.690. The van der Waals surface area contributed by atoms with Crippen molar-refractivity contribution in [3.05, 3.63) is 39.4 Å². The van der Waals surface area contributed by atoms with Crippen molar-refractivity contribution < 1.29 is 9.72 Å². The summed E-state index contributed by atoms with van der Waals surface area (Å²) >= 11 is 0. The van der Waals surface area contributed by atoms with Crippen molar-refractivity contribution in [1.82, 2.24) is 10.2 Å². The highest BCUT2D eigenvalue weighted by atomic mass is 16.6. The first-order valence-electron chi connectivity index (χ1n) is 8.34. The lowest BCUT2D eigenvalue weighted by atomic mass is 9.88. The van der Waals surface area contributed by atoms with Gasteiger partial charge in [0.2, 0.25) is 0 Å². The summed E-state index contributed by atoms with van der Waals surface area (Å²) in [5.74, 6) is 0.410. The van der Waals surface area contributed by atoms with Gasteiger partial charge in [0.05, 0.1) is 4.92 Å². The van der Waals surface area contributed by atoms with E-state index in [0.29, 0.717) is 30.6 Å². The van der Waals surface area contributed by atoms with Gasteiger partial charge in [0, 0.05) is 24.7 Å². The molecule has 2 aliphatic heterocycles. The van der Waals surface area contributed by atoms with Gasteiger partial charge in [-0.15, -0.1) is 0 Å². The number of nitro groups is 1. The van der Waals surface area contributed by atoms with Gasteiger partial charge in [0.25, 0.3) is 11.6 Å². The molecule has 1 atom stereocenters. The number of benzene rings is 1. The monoisotopic (exact) mass is 317 g/mol. The second-order valence-corrected chi connectivity index (χ2v) is 6.56. The molecule has 1 amide bonds. The third-order valence-electron chi connectivity index (χ3n) is 5.15. The van der Waals surface area contributed by atoms with Crippen LogP contribution >= 0.6 is 0 Å². The van der Waals surface area contributed by atoms with Crippen molar-refractivity contribution in [2.24, 2.45) is 5.92 Å². The normalized spacial score (nSPS) is 22.3. The number of hydrogen-bond donors (Lipinski definition) is 1. The molecule has 6 nitrogen and oxygen atoms in total. The van der Waals surface area contributed by atoms with E-state index < -0.39 is 4.92 Å². The predicted octanol–water partition coefficient (Wildman–Crippen LogP) is 2.51.